The highest BCUT2D eigenvalue weighted by Gasteiger charge is 2.10. The summed E-state index contributed by atoms with van der Waals surface area (Å²) in [5.41, 5.74) is 0. The predicted octanol–water partition coefficient (Wildman–Crippen LogP) is 3.06. The van der Waals surface area contributed by atoms with Gasteiger partial charge in [-0.3, -0.25) is 0 Å². The van der Waals surface area contributed by atoms with Gasteiger partial charge in [0.25, 0.3) is 0 Å². The van der Waals surface area contributed by atoms with Crippen molar-refractivity contribution in [1.29, 1.82) is 0 Å². The van der Waals surface area contributed by atoms with Gasteiger partial charge in [0, 0.05) is 0 Å². The third kappa shape index (κ3) is 4.19. The summed E-state index contributed by atoms with van der Waals surface area (Å²) < 4.78 is 23.7. The Hall–Kier alpha value is -1.09. The van der Waals surface area contributed by atoms with Crippen LogP contribution >= 0.6 is 0 Å². The average molecular weight is 238 g/mol. The number of hydrogen-bond donors (Lipinski definition) is 0. The molecule has 0 aliphatic rings. The first-order chi connectivity index (χ1) is 7.52. The topological polar surface area (TPSA) is 34.1 Å². The van der Waals surface area contributed by atoms with E-state index in [2.05, 4.69) is 13.8 Å². The highest BCUT2D eigenvalue weighted by atomic mass is 32.2. The van der Waals surface area contributed by atoms with Gasteiger partial charge in [0.2, 0.25) is 0 Å². The Morgan fingerprint density at radius 1 is 1.12 bits per heavy atom. The van der Waals surface area contributed by atoms with Crippen LogP contribution in [0.5, 0.6) is 0 Å². The Bertz CT molecular complexity index is 430. The fourth-order valence-corrected chi connectivity index (χ4v) is 2.44. The molecule has 0 spiro atoms. The maximum absolute atomic E-state index is 11.8. The molecule has 0 saturated carbocycles. The Morgan fingerprint density at radius 2 is 1.75 bits per heavy atom. The summed E-state index contributed by atoms with van der Waals surface area (Å²) in [7, 11) is -3.15. The van der Waals surface area contributed by atoms with E-state index < -0.39 is 9.84 Å². The van der Waals surface area contributed by atoms with Crippen LogP contribution in [0, 0.1) is 5.92 Å². The van der Waals surface area contributed by atoms with Crippen LogP contribution in [-0.2, 0) is 9.84 Å². The Balaban J connectivity index is 2.64. The molecule has 0 atom stereocenters. The van der Waals surface area contributed by atoms with Crippen molar-refractivity contribution in [3.05, 3.63) is 42.5 Å². The molecule has 16 heavy (non-hydrogen) atoms. The van der Waals surface area contributed by atoms with Crippen LogP contribution in [0.1, 0.15) is 20.3 Å². The molecule has 0 radical (unpaired) electrons. The van der Waals surface area contributed by atoms with Gasteiger partial charge < -0.3 is 0 Å². The molecule has 1 aromatic carbocycles. The second-order valence-corrected chi connectivity index (χ2v) is 6.23. The Kier molecular flexibility index (Phi) is 4.74. The van der Waals surface area contributed by atoms with E-state index in [0.29, 0.717) is 10.8 Å². The maximum atomic E-state index is 11.8. The lowest BCUT2D eigenvalue weighted by Gasteiger charge is -2.01. The fourth-order valence-electron chi connectivity index (χ4n) is 1.29. The van der Waals surface area contributed by atoms with Crippen molar-refractivity contribution in [2.75, 3.05) is 5.75 Å². The standard InChI is InChI=1S/C13H18O2S/c1-12(2)8-6-7-11-16(14,15)13-9-4-3-5-10-13/h3-7,9-10,12H,8,11H2,1-2H3. The van der Waals surface area contributed by atoms with Crippen molar-refractivity contribution in [3.63, 3.8) is 0 Å². The molecule has 0 unspecified atom stereocenters. The lowest BCUT2D eigenvalue weighted by Crippen LogP contribution is -2.04. The first kappa shape index (κ1) is 13.0. The van der Waals surface area contributed by atoms with Crippen LogP contribution in [0.25, 0.3) is 0 Å². The van der Waals surface area contributed by atoms with Gasteiger partial charge in [-0.15, -0.1) is 0 Å². The van der Waals surface area contributed by atoms with Gasteiger partial charge in [0.1, 0.15) is 0 Å². The van der Waals surface area contributed by atoms with Gasteiger partial charge in [-0.1, -0.05) is 44.2 Å². The van der Waals surface area contributed by atoms with Crippen molar-refractivity contribution in [3.8, 4) is 0 Å². The minimum absolute atomic E-state index is 0.0870. The van der Waals surface area contributed by atoms with Crippen molar-refractivity contribution in [2.24, 2.45) is 5.92 Å². The fraction of sp³-hybridized carbons (Fsp3) is 0.385. The summed E-state index contributed by atoms with van der Waals surface area (Å²) in [6, 6.07) is 8.56. The lowest BCUT2D eigenvalue weighted by atomic mass is 10.1. The summed E-state index contributed by atoms with van der Waals surface area (Å²) >= 11 is 0. The van der Waals surface area contributed by atoms with Crippen molar-refractivity contribution < 1.29 is 8.42 Å². The molecule has 2 nitrogen and oxygen atoms in total. The van der Waals surface area contributed by atoms with Gasteiger partial charge >= 0.3 is 0 Å². The molecular formula is C13H18O2S. The average Bonchev–Trinajstić information content (AvgIpc) is 2.26. The van der Waals surface area contributed by atoms with Gasteiger partial charge in [-0.25, -0.2) is 8.42 Å². The number of allylic oxidation sites excluding steroid dienone is 1. The van der Waals surface area contributed by atoms with Crippen LogP contribution in [0.2, 0.25) is 0 Å². The summed E-state index contributed by atoms with van der Waals surface area (Å²) in [6.45, 7) is 4.21. The molecule has 0 fully saturated rings. The molecule has 88 valence electrons. The first-order valence-corrected chi connectivity index (χ1v) is 7.10. The van der Waals surface area contributed by atoms with Gasteiger partial charge in [-0.2, -0.15) is 0 Å². The monoisotopic (exact) mass is 238 g/mol. The van der Waals surface area contributed by atoms with Crippen molar-refractivity contribution in [2.45, 2.75) is 25.2 Å². The minimum Gasteiger partial charge on any atom is -0.223 e. The second kappa shape index (κ2) is 5.85. The van der Waals surface area contributed by atoms with Crippen molar-refractivity contribution in [1.82, 2.24) is 0 Å². The van der Waals surface area contributed by atoms with Gasteiger partial charge in [0.05, 0.1) is 10.6 Å². The summed E-state index contributed by atoms with van der Waals surface area (Å²) in [5.74, 6) is 0.652. The molecular weight excluding hydrogens is 220 g/mol. The van der Waals surface area contributed by atoms with E-state index in [9.17, 15) is 8.42 Å². The minimum atomic E-state index is -3.15. The smallest absolute Gasteiger partial charge is 0.181 e. The molecule has 0 aromatic heterocycles. The zero-order valence-corrected chi connectivity index (χ0v) is 10.6. The SMILES string of the molecule is CC(C)CC=CCS(=O)(=O)c1ccccc1. The molecule has 1 aromatic rings. The quantitative estimate of drug-likeness (QED) is 0.739. The van der Waals surface area contributed by atoms with Crippen LogP contribution in [0.15, 0.2) is 47.4 Å². The zero-order valence-electron chi connectivity index (χ0n) is 9.76. The van der Waals surface area contributed by atoms with E-state index in [1.165, 1.54) is 0 Å². The van der Waals surface area contributed by atoms with E-state index in [1.807, 2.05) is 12.1 Å². The summed E-state index contributed by atoms with van der Waals surface area (Å²) in [4.78, 5) is 0.393. The lowest BCUT2D eigenvalue weighted by molar-refractivity contribution is 0.598. The van der Waals surface area contributed by atoms with Crippen LogP contribution in [0.3, 0.4) is 0 Å². The Morgan fingerprint density at radius 3 is 2.31 bits per heavy atom. The third-order valence-corrected chi connectivity index (χ3v) is 3.81. The van der Waals surface area contributed by atoms with Crippen molar-refractivity contribution >= 4 is 9.84 Å². The van der Waals surface area contributed by atoms with Crippen LogP contribution < -0.4 is 0 Å². The molecule has 0 saturated heterocycles. The number of hydrogen-bond acceptors (Lipinski definition) is 2. The molecule has 0 amide bonds. The normalized spacial score (nSPS) is 12.4. The molecule has 0 aliphatic heterocycles. The van der Waals surface area contributed by atoms with E-state index in [0.717, 1.165) is 6.42 Å². The highest BCUT2D eigenvalue weighted by molar-refractivity contribution is 7.91. The zero-order chi connectivity index (χ0) is 12.0. The molecule has 0 heterocycles. The van der Waals surface area contributed by atoms with E-state index in [4.69, 9.17) is 0 Å². The predicted molar refractivity (Wildman–Crippen MR) is 67.1 cm³/mol. The molecule has 0 N–H and O–H groups in total. The molecule has 1 rings (SSSR count). The largest absolute Gasteiger partial charge is 0.223 e. The Labute approximate surface area is 97.9 Å². The summed E-state index contributed by atoms with van der Waals surface area (Å²) in [6.07, 6.45) is 4.60. The first-order valence-electron chi connectivity index (χ1n) is 5.45. The van der Waals surface area contributed by atoms with Crippen LogP contribution in [0.4, 0.5) is 0 Å². The highest BCUT2D eigenvalue weighted by Crippen LogP contribution is 2.10. The maximum Gasteiger partial charge on any atom is 0.181 e. The number of rotatable bonds is 5. The van der Waals surface area contributed by atoms with Gasteiger partial charge in [0.15, 0.2) is 9.84 Å². The van der Waals surface area contributed by atoms with E-state index >= 15 is 0 Å². The van der Waals surface area contributed by atoms with Gasteiger partial charge in [-0.05, 0) is 24.5 Å². The molecule has 3 heteroatoms. The van der Waals surface area contributed by atoms with Crippen LogP contribution in [-0.4, -0.2) is 14.2 Å². The van der Waals surface area contributed by atoms with E-state index in [1.54, 1.807) is 30.3 Å². The summed E-state index contributed by atoms with van der Waals surface area (Å²) in [5, 5.41) is 0. The van der Waals surface area contributed by atoms with E-state index in [-0.39, 0.29) is 5.75 Å². The third-order valence-electron chi connectivity index (χ3n) is 2.19. The number of benzene rings is 1. The molecule has 0 aliphatic carbocycles. The molecule has 0 bridgehead atoms. The number of sulfone groups is 1. The second-order valence-electron chi connectivity index (χ2n) is 4.20.